The molecule has 0 aromatic rings. The number of primary amides is 1. The van der Waals surface area contributed by atoms with E-state index in [-0.39, 0.29) is 6.61 Å². The fourth-order valence-corrected chi connectivity index (χ4v) is 0.0833. The Kier molecular flexibility index (Phi) is 19.1. The summed E-state index contributed by atoms with van der Waals surface area (Å²) in [6, 6.07) is 0. The molecule has 92 valence electrons. The first-order chi connectivity index (χ1) is 7.37. The predicted octanol–water partition coefficient (Wildman–Crippen LogP) is 0.558. The fourth-order valence-electron chi connectivity index (χ4n) is 0.0833. The Morgan fingerprint density at radius 2 is 1.75 bits per heavy atom. The molecular formula is C11H19NO4. The number of esters is 1. The van der Waals surface area contributed by atoms with Crippen molar-refractivity contribution in [2.24, 2.45) is 5.73 Å². The molecule has 0 aliphatic rings. The van der Waals surface area contributed by atoms with E-state index in [0.29, 0.717) is 5.57 Å². The zero-order valence-corrected chi connectivity index (χ0v) is 9.73. The van der Waals surface area contributed by atoms with Gasteiger partial charge in [-0.05, 0) is 6.92 Å². The zero-order chi connectivity index (χ0) is 13.6. The summed E-state index contributed by atoms with van der Waals surface area (Å²) in [6.07, 6.45) is 2.54. The van der Waals surface area contributed by atoms with Crippen LogP contribution in [0.25, 0.3) is 0 Å². The molecule has 16 heavy (non-hydrogen) atoms. The summed E-state index contributed by atoms with van der Waals surface area (Å²) < 4.78 is 4.14. The van der Waals surface area contributed by atoms with E-state index in [1.807, 2.05) is 0 Å². The summed E-state index contributed by atoms with van der Waals surface area (Å²) in [5.41, 5.74) is 5.09. The van der Waals surface area contributed by atoms with Gasteiger partial charge in [0, 0.05) is 11.6 Å². The van der Waals surface area contributed by atoms with Crippen LogP contribution in [0.2, 0.25) is 0 Å². The van der Waals surface area contributed by atoms with Crippen molar-refractivity contribution in [2.45, 2.75) is 6.92 Å². The monoisotopic (exact) mass is 229 g/mol. The topological polar surface area (TPSA) is 89.6 Å². The summed E-state index contributed by atoms with van der Waals surface area (Å²) in [5, 5.41) is 7.76. The Morgan fingerprint density at radius 3 is 1.75 bits per heavy atom. The molecule has 0 bridgehead atoms. The number of ether oxygens (including phenoxy) is 1. The van der Waals surface area contributed by atoms with Crippen LogP contribution in [0.15, 0.2) is 37.5 Å². The number of rotatable bonds is 3. The lowest BCUT2D eigenvalue weighted by Crippen LogP contribution is -2.10. The van der Waals surface area contributed by atoms with Crippen LogP contribution in [0.4, 0.5) is 0 Å². The van der Waals surface area contributed by atoms with Crippen LogP contribution in [0.1, 0.15) is 6.92 Å². The third-order valence-electron chi connectivity index (χ3n) is 0.918. The predicted molar refractivity (Wildman–Crippen MR) is 63.5 cm³/mol. The van der Waals surface area contributed by atoms with Crippen molar-refractivity contribution in [3.8, 4) is 0 Å². The van der Waals surface area contributed by atoms with Gasteiger partial charge >= 0.3 is 5.97 Å². The number of aliphatic hydroxyl groups is 1. The number of amides is 1. The zero-order valence-electron chi connectivity index (χ0n) is 9.73. The minimum atomic E-state index is -0.435. The molecule has 0 unspecified atom stereocenters. The van der Waals surface area contributed by atoms with E-state index in [0.717, 1.165) is 6.08 Å². The number of hydrogen-bond donors (Lipinski definition) is 2. The van der Waals surface area contributed by atoms with Gasteiger partial charge in [0.05, 0.1) is 13.7 Å². The Morgan fingerprint density at radius 1 is 1.44 bits per heavy atom. The summed E-state index contributed by atoms with van der Waals surface area (Å²) >= 11 is 0. The number of hydrogen-bond acceptors (Lipinski definition) is 4. The maximum atomic E-state index is 9.84. The van der Waals surface area contributed by atoms with Gasteiger partial charge in [0.25, 0.3) is 0 Å². The molecule has 3 N–H and O–H groups in total. The van der Waals surface area contributed by atoms with Gasteiger partial charge in [0.1, 0.15) is 0 Å². The first-order valence-electron chi connectivity index (χ1n) is 4.24. The van der Waals surface area contributed by atoms with Crippen LogP contribution in [0.5, 0.6) is 0 Å². The fraction of sp³-hybridized carbons (Fsp3) is 0.273. The van der Waals surface area contributed by atoms with Gasteiger partial charge in [-0.25, -0.2) is 4.79 Å². The smallest absolute Gasteiger partial charge is 0.329 e. The van der Waals surface area contributed by atoms with Gasteiger partial charge in [-0.15, -0.1) is 6.58 Å². The van der Waals surface area contributed by atoms with Crippen molar-refractivity contribution in [1.82, 2.24) is 0 Å². The number of carbonyl (C=O) groups is 2. The molecule has 0 aromatic carbocycles. The number of methoxy groups -OCH3 is 1. The second kappa shape index (κ2) is 15.6. The molecule has 0 saturated heterocycles. The Bertz CT molecular complexity index is 232. The molecule has 0 radical (unpaired) electrons. The van der Waals surface area contributed by atoms with Crippen molar-refractivity contribution < 1.29 is 19.4 Å². The largest absolute Gasteiger partial charge is 0.466 e. The normalized spacial score (nSPS) is 6.94. The average Bonchev–Trinajstić information content (AvgIpc) is 2.28. The summed E-state index contributed by atoms with van der Waals surface area (Å²) in [7, 11) is 1.31. The van der Waals surface area contributed by atoms with Crippen LogP contribution in [0.3, 0.4) is 0 Å². The van der Waals surface area contributed by atoms with E-state index < -0.39 is 11.9 Å². The summed E-state index contributed by atoms with van der Waals surface area (Å²) in [5.74, 6) is -0.829. The van der Waals surface area contributed by atoms with E-state index in [9.17, 15) is 9.59 Å². The van der Waals surface area contributed by atoms with Crippen LogP contribution in [0, 0.1) is 0 Å². The highest BCUT2D eigenvalue weighted by Gasteiger charge is 1.86. The van der Waals surface area contributed by atoms with E-state index in [1.165, 1.54) is 13.2 Å². The van der Waals surface area contributed by atoms with E-state index in [4.69, 9.17) is 10.8 Å². The molecule has 0 spiro atoms. The van der Waals surface area contributed by atoms with Crippen molar-refractivity contribution >= 4 is 11.9 Å². The molecule has 1 amide bonds. The second-order valence-electron chi connectivity index (χ2n) is 2.34. The van der Waals surface area contributed by atoms with Crippen LogP contribution >= 0.6 is 0 Å². The van der Waals surface area contributed by atoms with Gasteiger partial charge in [0.15, 0.2) is 0 Å². The maximum absolute atomic E-state index is 9.84. The van der Waals surface area contributed by atoms with Gasteiger partial charge < -0.3 is 15.6 Å². The highest BCUT2D eigenvalue weighted by atomic mass is 16.5. The highest BCUT2D eigenvalue weighted by molar-refractivity contribution is 5.90. The van der Waals surface area contributed by atoms with Crippen LogP contribution in [-0.4, -0.2) is 30.7 Å². The number of carbonyl (C=O) groups excluding carboxylic acids is 2. The molecule has 0 rings (SSSR count). The van der Waals surface area contributed by atoms with Crippen molar-refractivity contribution in [3.05, 3.63) is 37.5 Å². The Hall–Kier alpha value is -1.88. The SMILES string of the molecule is C=C(C)C(N)=O.C=CC(=O)OC.C=CCO. The standard InChI is InChI=1S/C4H7NO.C4H6O2.C3H6O/c1-3(2)4(5)6;1-3-4(5)6-2;1-2-3-4/h1H2,2H3,(H2,5,6);3H,1H2,2H3;2,4H,1,3H2. The molecule has 0 aliphatic heterocycles. The Balaban J connectivity index is -0.000000162. The van der Waals surface area contributed by atoms with Crippen molar-refractivity contribution in [1.29, 1.82) is 0 Å². The van der Waals surface area contributed by atoms with E-state index in [1.54, 1.807) is 6.92 Å². The van der Waals surface area contributed by atoms with Gasteiger partial charge in [-0.3, -0.25) is 4.79 Å². The lowest BCUT2D eigenvalue weighted by Gasteiger charge is -1.83. The quantitative estimate of drug-likeness (QED) is 0.420. The molecule has 0 heterocycles. The third-order valence-corrected chi connectivity index (χ3v) is 0.918. The van der Waals surface area contributed by atoms with Crippen molar-refractivity contribution in [3.63, 3.8) is 0 Å². The molecule has 0 fully saturated rings. The molecule has 5 nitrogen and oxygen atoms in total. The first kappa shape index (κ1) is 19.7. The highest BCUT2D eigenvalue weighted by Crippen LogP contribution is 1.78. The van der Waals surface area contributed by atoms with E-state index in [2.05, 4.69) is 24.5 Å². The molecule has 5 heteroatoms. The lowest BCUT2D eigenvalue weighted by molar-refractivity contribution is -0.134. The molecular weight excluding hydrogens is 210 g/mol. The first-order valence-corrected chi connectivity index (χ1v) is 4.24. The van der Waals surface area contributed by atoms with Gasteiger partial charge in [-0.2, -0.15) is 0 Å². The molecule has 0 atom stereocenters. The van der Waals surface area contributed by atoms with Crippen LogP contribution in [-0.2, 0) is 14.3 Å². The maximum Gasteiger partial charge on any atom is 0.329 e. The summed E-state index contributed by atoms with van der Waals surface area (Å²) in [6.45, 7) is 11.3. The van der Waals surface area contributed by atoms with Crippen LogP contribution < -0.4 is 5.73 Å². The second-order valence-corrected chi connectivity index (χ2v) is 2.34. The molecule has 0 saturated carbocycles. The summed E-state index contributed by atoms with van der Waals surface area (Å²) in [4.78, 5) is 19.7. The van der Waals surface area contributed by atoms with Gasteiger partial charge in [0.2, 0.25) is 5.91 Å². The third kappa shape index (κ3) is 29.6. The average molecular weight is 229 g/mol. The van der Waals surface area contributed by atoms with Crippen molar-refractivity contribution in [2.75, 3.05) is 13.7 Å². The number of nitrogens with two attached hydrogens (primary N) is 1. The lowest BCUT2D eigenvalue weighted by atomic mass is 10.3. The molecule has 0 aliphatic carbocycles. The minimum Gasteiger partial charge on any atom is -0.466 e. The number of aliphatic hydroxyl groups excluding tert-OH is 1. The minimum absolute atomic E-state index is 0.0833. The van der Waals surface area contributed by atoms with Gasteiger partial charge in [-0.1, -0.05) is 19.2 Å². The Labute approximate surface area is 95.9 Å². The van der Waals surface area contributed by atoms with E-state index >= 15 is 0 Å². The molecule has 0 aromatic heterocycles.